The fraction of sp³-hybridized carbons (Fsp3) is 0.217. The highest BCUT2D eigenvalue weighted by Crippen LogP contribution is 2.34. The second-order valence-electron chi connectivity index (χ2n) is 7.19. The average Bonchev–Trinajstić information content (AvgIpc) is 3.25. The van der Waals surface area contributed by atoms with Crippen LogP contribution in [0.1, 0.15) is 40.2 Å². The van der Waals surface area contributed by atoms with Gasteiger partial charge in [-0.3, -0.25) is 0 Å². The van der Waals surface area contributed by atoms with E-state index in [1.54, 1.807) is 19.1 Å². The molecule has 3 aromatic rings. The number of carbonyl (C=O) groups is 1. The van der Waals surface area contributed by atoms with Crippen LogP contribution < -0.4 is 5.01 Å². The number of ether oxygens (including phenoxy) is 1. The maximum absolute atomic E-state index is 13.5. The fourth-order valence-corrected chi connectivity index (χ4v) is 3.52. The van der Waals surface area contributed by atoms with Gasteiger partial charge in [-0.15, -0.1) is 0 Å². The Morgan fingerprint density at radius 3 is 2.45 bits per heavy atom. The first kappa shape index (κ1) is 22.4. The summed E-state index contributed by atoms with van der Waals surface area (Å²) >= 11 is 0. The van der Waals surface area contributed by atoms with E-state index in [9.17, 15) is 22.4 Å². The highest BCUT2D eigenvalue weighted by molar-refractivity contribution is 6.08. The molecule has 2 heterocycles. The van der Waals surface area contributed by atoms with Crippen molar-refractivity contribution in [2.45, 2.75) is 19.0 Å². The molecule has 170 valence electrons. The average molecular weight is 458 g/mol. The number of esters is 1. The van der Waals surface area contributed by atoms with Gasteiger partial charge in [0.1, 0.15) is 11.4 Å². The molecule has 1 aromatic heterocycles. The maximum atomic E-state index is 13.5. The molecule has 0 fully saturated rings. The molecule has 0 amide bonds. The lowest BCUT2D eigenvalue weighted by molar-refractivity contribution is -0.144. The van der Waals surface area contributed by atoms with Crippen molar-refractivity contribution in [3.63, 3.8) is 0 Å². The Morgan fingerprint density at radius 1 is 1.12 bits per heavy atom. The fourth-order valence-electron chi connectivity index (χ4n) is 3.52. The summed E-state index contributed by atoms with van der Waals surface area (Å²) < 4.78 is 58.4. The number of aromatic nitrogens is 2. The molecule has 2 aromatic carbocycles. The van der Waals surface area contributed by atoms with Crippen LogP contribution in [-0.2, 0) is 10.9 Å². The topological polar surface area (TPSA) is 67.7 Å². The number of nitrogens with zero attached hydrogens (tertiary/aromatic N) is 4. The molecule has 0 bridgehead atoms. The van der Waals surface area contributed by atoms with E-state index in [0.717, 1.165) is 11.8 Å². The molecule has 33 heavy (non-hydrogen) atoms. The van der Waals surface area contributed by atoms with Crippen LogP contribution in [0.4, 0.5) is 23.4 Å². The zero-order chi connectivity index (χ0) is 23.6. The molecule has 0 radical (unpaired) electrons. The van der Waals surface area contributed by atoms with Crippen LogP contribution in [0.25, 0.3) is 0 Å². The molecule has 1 aliphatic heterocycles. The van der Waals surface area contributed by atoms with Crippen molar-refractivity contribution in [3.8, 4) is 0 Å². The van der Waals surface area contributed by atoms with Gasteiger partial charge in [-0.2, -0.15) is 18.3 Å². The third-order valence-corrected chi connectivity index (χ3v) is 5.02. The van der Waals surface area contributed by atoms with Gasteiger partial charge in [-0.05, 0) is 30.2 Å². The second-order valence-corrected chi connectivity index (χ2v) is 7.19. The minimum atomic E-state index is -4.82. The smallest absolute Gasteiger partial charge is 0.451 e. The van der Waals surface area contributed by atoms with E-state index in [1.165, 1.54) is 17.1 Å². The van der Waals surface area contributed by atoms with E-state index >= 15 is 0 Å². The number of benzene rings is 2. The Morgan fingerprint density at radius 2 is 1.82 bits per heavy atom. The third-order valence-electron chi connectivity index (χ3n) is 5.02. The molecule has 0 aliphatic carbocycles. The van der Waals surface area contributed by atoms with Gasteiger partial charge in [0.15, 0.2) is 5.82 Å². The van der Waals surface area contributed by atoms with Gasteiger partial charge in [-0.1, -0.05) is 42.5 Å². The van der Waals surface area contributed by atoms with Crippen molar-refractivity contribution in [1.82, 2.24) is 9.97 Å². The lowest BCUT2D eigenvalue weighted by Gasteiger charge is -2.19. The molecule has 1 unspecified atom stereocenters. The van der Waals surface area contributed by atoms with Crippen LogP contribution in [-0.4, -0.2) is 34.8 Å². The van der Waals surface area contributed by atoms with Crippen molar-refractivity contribution in [3.05, 3.63) is 89.1 Å². The summed E-state index contributed by atoms with van der Waals surface area (Å²) in [6.07, 6.45) is -4.02. The van der Waals surface area contributed by atoms with Crippen LogP contribution in [0, 0.1) is 5.82 Å². The summed E-state index contributed by atoms with van der Waals surface area (Å²) in [4.78, 5) is 19.3. The summed E-state index contributed by atoms with van der Waals surface area (Å²) in [6, 6.07) is 14.9. The molecule has 0 saturated carbocycles. The first-order valence-electron chi connectivity index (χ1n) is 10.1. The summed E-state index contributed by atoms with van der Waals surface area (Å²) in [5.74, 6) is -3.36. The number of hydrazone groups is 1. The Balaban J connectivity index is 1.84. The Bertz CT molecular complexity index is 1180. The predicted molar refractivity (Wildman–Crippen MR) is 112 cm³/mol. The van der Waals surface area contributed by atoms with Gasteiger partial charge < -0.3 is 4.74 Å². The first-order chi connectivity index (χ1) is 15.8. The van der Waals surface area contributed by atoms with E-state index in [2.05, 4.69) is 15.1 Å². The molecule has 0 saturated heterocycles. The van der Waals surface area contributed by atoms with E-state index in [1.807, 2.05) is 30.3 Å². The number of alkyl halides is 3. The second kappa shape index (κ2) is 8.97. The summed E-state index contributed by atoms with van der Waals surface area (Å²) in [6.45, 7) is 1.71. The molecular formula is C23H18F4N4O2. The predicted octanol–water partition coefficient (Wildman–Crippen LogP) is 4.82. The van der Waals surface area contributed by atoms with Gasteiger partial charge in [-0.25, -0.2) is 24.2 Å². The number of rotatable bonds is 5. The van der Waals surface area contributed by atoms with Crippen molar-refractivity contribution >= 4 is 17.5 Å². The summed E-state index contributed by atoms with van der Waals surface area (Å²) in [5, 5.41) is 5.74. The largest absolute Gasteiger partial charge is 0.462 e. The van der Waals surface area contributed by atoms with Gasteiger partial charge in [0.05, 0.1) is 18.9 Å². The van der Waals surface area contributed by atoms with Gasteiger partial charge in [0.2, 0.25) is 5.82 Å². The molecule has 6 nitrogen and oxygen atoms in total. The Kier molecular flexibility index (Phi) is 6.08. The highest BCUT2D eigenvalue weighted by Gasteiger charge is 2.38. The number of carbonyl (C=O) groups excluding carboxylic acids is 1. The number of hydrogen-bond acceptors (Lipinski definition) is 6. The van der Waals surface area contributed by atoms with Gasteiger partial charge in [0, 0.05) is 12.1 Å². The standard InChI is InChI=1S/C23H18F4N4O2/c1-2-33-21(32)17-12-28-22(23(25,26)27)29-20(17)31-13-18(14-6-4-3-5-7-14)19(30-31)15-8-10-16(24)11-9-15/h3-12,18H,2,13H2,1H3. The molecule has 1 aliphatic rings. The zero-order valence-corrected chi connectivity index (χ0v) is 17.4. The van der Waals surface area contributed by atoms with Gasteiger partial charge >= 0.3 is 12.1 Å². The number of hydrogen-bond donors (Lipinski definition) is 0. The Labute approximate surface area is 186 Å². The van der Waals surface area contributed by atoms with Crippen LogP contribution in [0.5, 0.6) is 0 Å². The van der Waals surface area contributed by atoms with Crippen molar-refractivity contribution in [2.24, 2.45) is 5.10 Å². The van der Waals surface area contributed by atoms with Crippen molar-refractivity contribution in [2.75, 3.05) is 18.2 Å². The SMILES string of the molecule is CCOC(=O)c1cnc(C(F)(F)F)nc1N1CC(c2ccccc2)C(c2ccc(F)cc2)=N1. The Hall–Kier alpha value is -3.82. The van der Waals surface area contributed by atoms with Gasteiger partial charge in [0.25, 0.3) is 0 Å². The monoisotopic (exact) mass is 458 g/mol. The molecule has 10 heteroatoms. The quantitative estimate of drug-likeness (QED) is 0.405. The van der Waals surface area contributed by atoms with Crippen LogP contribution >= 0.6 is 0 Å². The van der Waals surface area contributed by atoms with E-state index < -0.39 is 23.8 Å². The normalized spacial score (nSPS) is 16.0. The third kappa shape index (κ3) is 4.69. The number of anilines is 1. The minimum absolute atomic E-state index is 0.0238. The molecule has 0 N–H and O–H groups in total. The van der Waals surface area contributed by atoms with Crippen molar-refractivity contribution in [1.29, 1.82) is 0 Å². The zero-order valence-electron chi connectivity index (χ0n) is 17.4. The summed E-state index contributed by atoms with van der Waals surface area (Å²) in [7, 11) is 0. The van der Waals surface area contributed by atoms with Crippen LogP contribution in [0.15, 0.2) is 65.9 Å². The van der Waals surface area contributed by atoms with Crippen LogP contribution in [0.3, 0.4) is 0 Å². The maximum Gasteiger partial charge on any atom is 0.451 e. The van der Waals surface area contributed by atoms with Crippen LogP contribution in [0.2, 0.25) is 0 Å². The van der Waals surface area contributed by atoms with Crippen molar-refractivity contribution < 1.29 is 27.1 Å². The highest BCUT2D eigenvalue weighted by atomic mass is 19.4. The molecular weight excluding hydrogens is 440 g/mol. The molecule has 0 spiro atoms. The molecule has 1 atom stereocenters. The van der Waals surface area contributed by atoms with E-state index in [-0.39, 0.29) is 30.5 Å². The number of halogens is 4. The lowest BCUT2D eigenvalue weighted by Crippen LogP contribution is -2.24. The summed E-state index contributed by atoms with van der Waals surface area (Å²) in [5.41, 5.74) is 1.71. The van der Waals surface area contributed by atoms with E-state index in [4.69, 9.17) is 4.74 Å². The van der Waals surface area contributed by atoms with E-state index in [0.29, 0.717) is 11.3 Å². The first-order valence-corrected chi connectivity index (χ1v) is 10.1. The molecule has 4 rings (SSSR count). The lowest BCUT2D eigenvalue weighted by atomic mass is 9.90. The minimum Gasteiger partial charge on any atom is -0.462 e.